The van der Waals surface area contributed by atoms with Gasteiger partial charge in [-0.1, -0.05) is 30.4 Å². The summed E-state index contributed by atoms with van der Waals surface area (Å²) in [7, 11) is 0. The highest BCUT2D eigenvalue weighted by molar-refractivity contribution is 5.60. The second kappa shape index (κ2) is 3.94. The molecule has 0 saturated carbocycles. The molecule has 0 bridgehead atoms. The Hall–Kier alpha value is -2.60. The first-order valence-corrected chi connectivity index (χ1v) is 6.65. The van der Waals surface area contributed by atoms with Gasteiger partial charge in [0.05, 0.1) is 11.3 Å². The third kappa shape index (κ3) is 1.48. The lowest BCUT2D eigenvalue weighted by atomic mass is 9.83. The Morgan fingerprint density at radius 1 is 1.30 bits per heavy atom. The molecular weight excluding hydrogens is 248 g/mol. The molecule has 2 aliphatic rings. The van der Waals surface area contributed by atoms with Gasteiger partial charge in [-0.3, -0.25) is 4.98 Å². The summed E-state index contributed by atoms with van der Waals surface area (Å²) >= 11 is 0. The predicted octanol–water partition coefficient (Wildman–Crippen LogP) is 3.20. The van der Waals surface area contributed by atoms with Crippen LogP contribution in [0.2, 0.25) is 0 Å². The van der Waals surface area contributed by atoms with Gasteiger partial charge in [0.25, 0.3) is 0 Å². The molecule has 1 aromatic carbocycles. The predicted molar refractivity (Wildman–Crippen MR) is 75.1 cm³/mol. The fourth-order valence-corrected chi connectivity index (χ4v) is 3.07. The largest absolute Gasteiger partial charge is 0.480 e. The van der Waals surface area contributed by atoms with Crippen LogP contribution in [0.3, 0.4) is 0 Å². The molecule has 3 nitrogen and oxygen atoms in total. The molecule has 1 aromatic heterocycles. The second-order valence-corrected chi connectivity index (χ2v) is 5.26. The van der Waals surface area contributed by atoms with E-state index < -0.39 is 5.60 Å². The first-order valence-electron chi connectivity index (χ1n) is 6.65. The second-order valence-electron chi connectivity index (χ2n) is 5.26. The maximum absolute atomic E-state index is 8.99. The fraction of sp³-hybridized carbons (Fsp3) is 0.176. The summed E-state index contributed by atoms with van der Waals surface area (Å²) in [6.45, 7) is 0. The number of fused-ring (bicyclic) bond motifs is 3. The first-order chi connectivity index (χ1) is 9.81. The zero-order chi connectivity index (χ0) is 13.6. The lowest BCUT2D eigenvalue weighted by Gasteiger charge is -2.31. The molecule has 4 rings (SSSR count). The third-order valence-electron chi connectivity index (χ3n) is 3.98. The van der Waals surface area contributed by atoms with Gasteiger partial charge in [-0.2, -0.15) is 5.26 Å². The minimum atomic E-state index is -0.401. The van der Waals surface area contributed by atoms with Crippen molar-refractivity contribution in [2.75, 3.05) is 0 Å². The van der Waals surface area contributed by atoms with Crippen molar-refractivity contribution in [2.45, 2.75) is 18.4 Å². The van der Waals surface area contributed by atoms with Crippen LogP contribution in [0.5, 0.6) is 5.75 Å². The van der Waals surface area contributed by atoms with Crippen LogP contribution >= 0.6 is 0 Å². The van der Waals surface area contributed by atoms with Crippen molar-refractivity contribution in [3.8, 4) is 11.8 Å². The lowest BCUT2D eigenvalue weighted by molar-refractivity contribution is 0.0900. The highest BCUT2D eigenvalue weighted by atomic mass is 16.5. The first kappa shape index (κ1) is 11.2. The average Bonchev–Trinajstić information content (AvgIpc) is 2.85. The lowest BCUT2D eigenvalue weighted by Crippen LogP contribution is -2.34. The van der Waals surface area contributed by atoms with E-state index in [1.54, 1.807) is 6.20 Å². The summed E-state index contributed by atoms with van der Waals surface area (Å²) in [5.41, 5.74) is 3.33. The molecule has 1 atom stereocenters. The monoisotopic (exact) mass is 260 g/mol. The van der Waals surface area contributed by atoms with Gasteiger partial charge in [0.2, 0.25) is 0 Å². The van der Waals surface area contributed by atoms with Crippen LogP contribution in [0.25, 0.3) is 6.08 Å². The maximum atomic E-state index is 8.99. The standard InChI is InChI=1S/C17H12N2O/c18-10-12-8-13-5-3-7-17(16(13)19-11-12)9-14-4-1-2-6-15(14)20-17/h1-6,8,11H,7,9H2. The highest BCUT2D eigenvalue weighted by Gasteiger charge is 2.43. The molecule has 2 heterocycles. The van der Waals surface area contributed by atoms with Crippen LogP contribution in [0.4, 0.5) is 0 Å². The van der Waals surface area contributed by atoms with Crippen molar-refractivity contribution in [2.24, 2.45) is 0 Å². The normalized spacial score (nSPS) is 21.9. The van der Waals surface area contributed by atoms with Crippen molar-refractivity contribution in [3.05, 3.63) is 65.0 Å². The van der Waals surface area contributed by atoms with Gasteiger partial charge in [-0.05, 0) is 17.7 Å². The Labute approximate surface area is 117 Å². The van der Waals surface area contributed by atoms with Crippen LogP contribution in [-0.2, 0) is 12.0 Å². The summed E-state index contributed by atoms with van der Waals surface area (Å²) in [4.78, 5) is 4.51. The van der Waals surface area contributed by atoms with Crippen molar-refractivity contribution in [1.82, 2.24) is 4.98 Å². The molecule has 2 aromatic rings. The SMILES string of the molecule is N#Cc1cnc2c(c1)C=CCC21Cc2ccccc2O1. The van der Waals surface area contributed by atoms with Gasteiger partial charge in [-0.25, -0.2) is 0 Å². The number of pyridine rings is 1. The van der Waals surface area contributed by atoms with Crippen LogP contribution in [0.1, 0.15) is 28.8 Å². The minimum Gasteiger partial charge on any atom is -0.480 e. The summed E-state index contributed by atoms with van der Waals surface area (Å²) in [6.07, 6.45) is 7.41. The van der Waals surface area contributed by atoms with Gasteiger partial charge >= 0.3 is 0 Å². The quantitative estimate of drug-likeness (QED) is 0.730. The number of rotatable bonds is 0. The van der Waals surface area contributed by atoms with Crippen LogP contribution in [0.15, 0.2) is 42.6 Å². The van der Waals surface area contributed by atoms with Crippen molar-refractivity contribution in [3.63, 3.8) is 0 Å². The van der Waals surface area contributed by atoms with Crippen molar-refractivity contribution < 1.29 is 4.74 Å². The van der Waals surface area contributed by atoms with E-state index in [9.17, 15) is 0 Å². The average molecular weight is 260 g/mol. The van der Waals surface area contributed by atoms with E-state index in [0.29, 0.717) is 5.56 Å². The number of nitriles is 1. The number of nitrogens with zero attached hydrogens (tertiary/aromatic N) is 2. The summed E-state index contributed by atoms with van der Waals surface area (Å²) in [6, 6.07) is 12.2. The molecule has 3 heteroatoms. The maximum Gasteiger partial charge on any atom is 0.159 e. The van der Waals surface area contributed by atoms with Crippen LogP contribution in [-0.4, -0.2) is 4.98 Å². The highest BCUT2D eigenvalue weighted by Crippen LogP contribution is 2.46. The molecule has 1 aliphatic carbocycles. The van der Waals surface area contributed by atoms with Crippen LogP contribution < -0.4 is 4.74 Å². The molecule has 0 saturated heterocycles. The van der Waals surface area contributed by atoms with E-state index in [1.807, 2.05) is 30.3 Å². The molecule has 20 heavy (non-hydrogen) atoms. The number of para-hydroxylation sites is 1. The third-order valence-corrected chi connectivity index (χ3v) is 3.98. The Bertz CT molecular complexity index is 746. The van der Waals surface area contributed by atoms with Gasteiger partial charge in [-0.15, -0.1) is 0 Å². The smallest absolute Gasteiger partial charge is 0.159 e. The van der Waals surface area contributed by atoms with E-state index in [4.69, 9.17) is 10.00 Å². The van der Waals surface area contributed by atoms with Gasteiger partial charge < -0.3 is 4.74 Å². The van der Waals surface area contributed by atoms with Gasteiger partial charge in [0.1, 0.15) is 11.8 Å². The molecule has 1 aliphatic heterocycles. The zero-order valence-corrected chi connectivity index (χ0v) is 10.8. The number of hydrogen-bond donors (Lipinski definition) is 0. The van der Waals surface area contributed by atoms with Crippen molar-refractivity contribution in [1.29, 1.82) is 5.26 Å². The summed E-state index contributed by atoms with van der Waals surface area (Å²) in [5, 5.41) is 8.99. The Morgan fingerprint density at radius 2 is 2.20 bits per heavy atom. The number of ether oxygens (including phenoxy) is 1. The van der Waals surface area contributed by atoms with Crippen molar-refractivity contribution >= 4 is 6.08 Å². The topological polar surface area (TPSA) is 45.9 Å². The van der Waals surface area contributed by atoms with E-state index in [1.165, 1.54) is 5.56 Å². The number of benzene rings is 1. The molecule has 0 N–H and O–H groups in total. The van der Waals surface area contributed by atoms with E-state index in [-0.39, 0.29) is 0 Å². The molecule has 0 amide bonds. The summed E-state index contributed by atoms with van der Waals surface area (Å²) in [5.74, 6) is 0.944. The Kier molecular flexibility index (Phi) is 2.22. The molecule has 1 spiro atoms. The van der Waals surface area contributed by atoms with Crippen LogP contribution in [0, 0.1) is 11.3 Å². The zero-order valence-electron chi connectivity index (χ0n) is 10.8. The van der Waals surface area contributed by atoms with Gasteiger partial charge in [0.15, 0.2) is 5.60 Å². The summed E-state index contributed by atoms with van der Waals surface area (Å²) < 4.78 is 6.24. The van der Waals surface area contributed by atoms with Gasteiger partial charge in [0, 0.05) is 24.6 Å². The Morgan fingerprint density at radius 3 is 3.05 bits per heavy atom. The van der Waals surface area contributed by atoms with E-state index >= 15 is 0 Å². The molecule has 96 valence electrons. The fourth-order valence-electron chi connectivity index (χ4n) is 3.07. The van der Waals surface area contributed by atoms with E-state index in [2.05, 4.69) is 23.2 Å². The molecule has 0 fully saturated rings. The Balaban J connectivity index is 1.85. The molecular formula is C17H12N2O. The molecule has 0 radical (unpaired) electrons. The molecule has 1 unspecified atom stereocenters. The number of aromatic nitrogens is 1. The van der Waals surface area contributed by atoms with E-state index in [0.717, 1.165) is 29.8 Å². The number of hydrogen-bond acceptors (Lipinski definition) is 3. The minimum absolute atomic E-state index is 0.401.